The molecule has 1 heterocycles. The van der Waals surface area contributed by atoms with Crippen molar-refractivity contribution in [2.75, 3.05) is 11.1 Å². The van der Waals surface area contributed by atoms with Crippen molar-refractivity contribution >= 4 is 23.5 Å². The molecule has 0 atom stereocenters. The van der Waals surface area contributed by atoms with E-state index < -0.39 is 11.6 Å². The Bertz CT molecular complexity index is 897. The second kappa shape index (κ2) is 7.48. The topological polar surface area (TPSA) is 46.9 Å². The average Bonchev–Trinajstić information content (AvgIpc) is 2.94. The minimum Gasteiger partial charge on any atom is -0.308 e. The zero-order chi connectivity index (χ0) is 17.8. The molecule has 1 amide bonds. The van der Waals surface area contributed by atoms with Crippen LogP contribution in [0.1, 0.15) is 5.69 Å². The Morgan fingerprint density at radius 2 is 1.92 bits per heavy atom. The molecule has 0 fully saturated rings. The molecule has 7 heteroatoms. The molecule has 4 nitrogen and oxygen atoms in total. The predicted molar refractivity (Wildman–Crippen MR) is 94.0 cm³/mol. The van der Waals surface area contributed by atoms with E-state index in [9.17, 15) is 13.6 Å². The quantitative estimate of drug-likeness (QED) is 0.695. The standard InChI is InChI=1S/C18H15F2N3OS/c1-12-9-17(21-18(24)11-25-14-5-3-2-4-6-14)22-23(12)16-8-7-13(19)10-15(16)20/h2-10H,11H2,1H3,(H,21,22,24). The molecule has 0 aliphatic heterocycles. The molecular formula is C18H15F2N3OS. The Labute approximate surface area is 147 Å². The lowest BCUT2D eigenvalue weighted by atomic mass is 10.3. The Balaban J connectivity index is 1.69. The van der Waals surface area contributed by atoms with Gasteiger partial charge in [0.05, 0.1) is 5.75 Å². The van der Waals surface area contributed by atoms with Crippen LogP contribution < -0.4 is 5.32 Å². The SMILES string of the molecule is Cc1cc(NC(=O)CSc2ccccc2)nn1-c1ccc(F)cc1F. The van der Waals surface area contributed by atoms with Crippen molar-refractivity contribution < 1.29 is 13.6 Å². The van der Waals surface area contributed by atoms with E-state index in [-0.39, 0.29) is 17.3 Å². The van der Waals surface area contributed by atoms with Crippen molar-refractivity contribution in [2.24, 2.45) is 0 Å². The lowest BCUT2D eigenvalue weighted by Crippen LogP contribution is -2.14. The van der Waals surface area contributed by atoms with Gasteiger partial charge in [-0.25, -0.2) is 13.5 Å². The van der Waals surface area contributed by atoms with Crippen LogP contribution in [0.25, 0.3) is 5.69 Å². The van der Waals surface area contributed by atoms with Gasteiger partial charge in [-0.15, -0.1) is 16.9 Å². The lowest BCUT2D eigenvalue weighted by Gasteiger charge is -2.05. The number of thioether (sulfide) groups is 1. The lowest BCUT2D eigenvalue weighted by molar-refractivity contribution is -0.113. The van der Waals surface area contributed by atoms with Crippen LogP contribution in [-0.4, -0.2) is 21.4 Å². The van der Waals surface area contributed by atoms with Crippen molar-refractivity contribution in [2.45, 2.75) is 11.8 Å². The molecule has 25 heavy (non-hydrogen) atoms. The molecule has 3 rings (SSSR count). The number of anilines is 1. The molecular weight excluding hydrogens is 344 g/mol. The molecule has 0 unspecified atom stereocenters. The van der Waals surface area contributed by atoms with Crippen molar-refractivity contribution in [3.05, 3.63) is 71.9 Å². The first kappa shape index (κ1) is 17.2. The summed E-state index contributed by atoms with van der Waals surface area (Å²) in [5.74, 6) is -1.03. The summed E-state index contributed by atoms with van der Waals surface area (Å²) in [6.07, 6.45) is 0. The van der Waals surface area contributed by atoms with E-state index in [0.717, 1.165) is 17.0 Å². The van der Waals surface area contributed by atoms with Gasteiger partial charge >= 0.3 is 0 Å². The molecule has 1 aromatic heterocycles. The van der Waals surface area contributed by atoms with Gasteiger partial charge in [0.15, 0.2) is 11.6 Å². The maximum atomic E-state index is 13.9. The summed E-state index contributed by atoms with van der Waals surface area (Å²) in [5.41, 5.74) is 0.745. The number of hydrogen-bond donors (Lipinski definition) is 1. The van der Waals surface area contributed by atoms with Crippen molar-refractivity contribution in [3.63, 3.8) is 0 Å². The molecule has 0 aliphatic carbocycles. The smallest absolute Gasteiger partial charge is 0.235 e. The van der Waals surface area contributed by atoms with Crippen LogP contribution in [0.5, 0.6) is 0 Å². The first-order valence-corrected chi connectivity index (χ1v) is 8.51. The van der Waals surface area contributed by atoms with E-state index >= 15 is 0 Å². The van der Waals surface area contributed by atoms with Crippen LogP contribution in [0.3, 0.4) is 0 Å². The van der Waals surface area contributed by atoms with Gasteiger partial charge in [0, 0.05) is 22.7 Å². The van der Waals surface area contributed by atoms with Gasteiger partial charge < -0.3 is 5.32 Å². The third-order valence-corrected chi connectivity index (χ3v) is 4.42. The number of halogens is 2. The molecule has 2 aromatic carbocycles. The van der Waals surface area contributed by atoms with Gasteiger partial charge in [-0.1, -0.05) is 18.2 Å². The first-order valence-electron chi connectivity index (χ1n) is 7.53. The number of aromatic nitrogens is 2. The van der Waals surface area contributed by atoms with Gasteiger partial charge in [0.2, 0.25) is 5.91 Å². The highest BCUT2D eigenvalue weighted by Crippen LogP contribution is 2.20. The number of aryl methyl sites for hydroxylation is 1. The second-order valence-electron chi connectivity index (χ2n) is 5.33. The number of carbonyl (C=O) groups excluding carboxylic acids is 1. The van der Waals surface area contributed by atoms with Crippen LogP contribution in [0.15, 0.2) is 59.5 Å². The van der Waals surface area contributed by atoms with Gasteiger partial charge in [0.25, 0.3) is 0 Å². The number of benzene rings is 2. The van der Waals surface area contributed by atoms with Gasteiger partial charge in [-0.05, 0) is 31.2 Å². The highest BCUT2D eigenvalue weighted by molar-refractivity contribution is 8.00. The van der Waals surface area contributed by atoms with E-state index in [1.54, 1.807) is 13.0 Å². The minimum atomic E-state index is -0.719. The third kappa shape index (κ3) is 4.24. The number of amides is 1. The van der Waals surface area contributed by atoms with E-state index in [0.29, 0.717) is 11.5 Å². The van der Waals surface area contributed by atoms with E-state index in [1.165, 1.54) is 22.5 Å². The maximum Gasteiger partial charge on any atom is 0.235 e. The molecule has 0 aliphatic rings. The predicted octanol–water partition coefficient (Wildman–Crippen LogP) is 4.19. The summed E-state index contributed by atoms with van der Waals surface area (Å²) < 4.78 is 28.3. The van der Waals surface area contributed by atoms with Crippen LogP contribution in [-0.2, 0) is 4.79 Å². The van der Waals surface area contributed by atoms with Crippen LogP contribution in [0, 0.1) is 18.6 Å². The zero-order valence-corrected chi connectivity index (χ0v) is 14.2. The summed E-state index contributed by atoms with van der Waals surface area (Å²) >= 11 is 1.41. The second-order valence-corrected chi connectivity index (χ2v) is 6.38. The molecule has 0 saturated carbocycles. The van der Waals surface area contributed by atoms with E-state index in [4.69, 9.17) is 0 Å². The fourth-order valence-corrected chi connectivity index (χ4v) is 3.00. The molecule has 3 aromatic rings. The summed E-state index contributed by atoms with van der Waals surface area (Å²) in [6.45, 7) is 1.73. The Kier molecular flexibility index (Phi) is 5.14. The molecule has 0 spiro atoms. The highest BCUT2D eigenvalue weighted by atomic mass is 32.2. The maximum absolute atomic E-state index is 13.9. The summed E-state index contributed by atoms with van der Waals surface area (Å²) in [4.78, 5) is 13.0. The number of nitrogens with one attached hydrogen (secondary N) is 1. The summed E-state index contributed by atoms with van der Waals surface area (Å²) in [5, 5.41) is 6.86. The van der Waals surface area contributed by atoms with E-state index in [1.807, 2.05) is 30.3 Å². The molecule has 1 N–H and O–H groups in total. The number of hydrogen-bond acceptors (Lipinski definition) is 3. The zero-order valence-electron chi connectivity index (χ0n) is 13.4. The number of rotatable bonds is 5. The van der Waals surface area contributed by atoms with Crippen molar-refractivity contribution in [1.29, 1.82) is 0 Å². The van der Waals surface area contributed by atoms with Crippen LogP contribution in [0.2, 0.25) is 0 Å². The largest absolute Gasteiger partial charge is 0.308 e. The number of carbonyl (C=O) groups is 1. The molecule has 0 radical (unpaired) electrons. The Hall–Kier alpha value is -2.67. The van der Waals surface area contributed by atoms with Crippen LogP contribution >= 0.6 is 11.8 Å². The number of nitrogens with zero attached hydrogens (tertiary/aromatic N) is 2. The summed E-state index contributed by atoms with van der Waals surface area (Å²) in [6, 6.07) is 14.5. The molecule has 128 valence electrons. The monoisotopic (exact) mass is 359 g/mol. The molecule has 0 bridgehead atoms. The van der Waals surface area contributed by atoms with E-state index in [2.05, 4.69) is 10.4 Å². The third-order valence-electron chi connectivity index (χ3n) is 3.41. The normalized spacial score (nSPS) is 10.7. The average molecular weight is 359 g/mol. The Morgan fingerprint density at radius 3 is 2.64 bits per heavy atom. The highest BCUT2D eigenvalue weighted by Gasteiger charge is 2.13. The van der Waals surface area contributed by atoms with Gasteiger partial charge in [-0.2, -0.15) is 0 Å². The first-order chi connectivity index (χ1) is 12.0. The van der Waals surface area contributed by atoms with Crippen molar-refractivity contribution in [3.8, 4) is 5.69 Å². The van der Waals surface area contributed by atoms with Gasteiger partial charge in [0.1, 0.15) is 11.5 Å². The minimum absolute atomic E-state index is 0.123. The molecule has 0 saturated heterocycles. The van der Waals surface area contributed by atoms with Crippen LogP contribution in [0.4, 0.5) is 14.6 Å². The fraction of sp³-hybridized carbons (Fsp3) is 0.111. The van der Waals surface area contributed by atoms with Gasteiger partial charge in [-0.3, -0.25) is 4.79 Å². The fourth-order valence-electron chi connectivity index (χ4n) is 2.28. The Morgan fingerprint density at radius 1 is 1.16 bits per heavy atom. The van der Waals surface area contributed by atoms with Crippen molar-refractivity contribution in [1.82, 2.24) is 9.78 Å². The summed E-state index contributed by atoms with van der Waals surface area (Å²) in [7, 11) is 0.